The third-order valence-corrected chi connectivity index (χ3v) is 7.61. The van der Waals surface area contributed by atoms with Gasteiger partial charge in [-0.1, -0.05) is 48.6 Å². The molecule has 0 N–H and O–H groups in total. The lowest BCUT2D eigenvalue weighted by Gasteiger charge is -2.51. The van der Waals surface area contributed by atoms with Gasteiger partial charge in [-0.25, -0.2) is 0 Å². The van der Waals surface area contributed by atoms with Crippen molar-refractivity contribution < 1.29 is 9.63 Å². The van der Waals surface area contributed by atoms with Gasteiger partial charge in [0.05, 0.1) is 12.5 Å². The van der Waals surface area contributed by atoms with Crippen LogP contribution in [0.2, 0.25) is 0 Å². The molecule has 192 valence electrons. The number of piperidine rings is 1. The highest BCUT2D eigenvalue weighted by Crippen LogP contribution is 2.44. The molecule has 0 aliphatic carbocycles. The van der Waals surface area contributed by atoms with Crippen LogP contribution in [0, 0.1) is 11.8 Å². The van der Waals surface area contributed by atoms with E-state index in [0.29, 0.717) is 19.7 Å². The lowest BCUT2D eigenvalue weighted by Crippen LogP contribution is -2.58. The summed E-state index contributed by atoms with van der Waals surface area (Å²) in [5.41, 5.74) is 1.07. The molecule has 1 aromatic carbocycles. The van der Waals surface area contributed by atoms with Crippen LogP contribution in [0.15, 0.2) is 68.3 Å². The number of likely N-dealkylation sites (tertiary alicyclic amines) is 1. The second-order valence-electron chi connectivity index (χ2n) is 11.3. The summed E-state index contributed by atoms with van der Waals surface area (Å²) in [5, 5.41) is 2.21. The number of hydrogen-bond donors (Lipinski definition) is 0. The lowest BCUT2D eigenvalue weighted by molar-refractivity contribution is -0.286. The van der Waals surface area contributed by atoms with Gasteiger partial charge < -0.3 is 4.90 Å². The topological polar surface area (TPSA) is 36.0 Å². The molecule has 3 atom stereocenters. The Morgan fingerprint density at radius 3 is 2.17 bits per heavy atom. The van der Waals surface area contributed by atoms with Crippen LogP contribution in [-0.2, 0) is 9.63 Å². The van der Waals surface area contributed by atoms with E-state index in [9.17, 15) is 4.79 Å². The van der Waals surface area contributed by atoms with Gasteiger partial charge in [-0.2, -0.15) is 5.06 Å². The van der Waals surface area contributed by atoms with E-state index in [1.165, 1.54) is 6.42 Å². The summed E-state index contributed by atoms with van der Waals surface area (Å²) in [7, 11) is 0. The number of carbonyl (C=O) groups excluding carboxylic acids is 1. The maximum Gasteiger partial charge on any atom is 0.228 e. The minimum Gasteiger partial charge on any atom is -0.335 e. The average molecular weight is 480 g/mol. The summed E-state index contributed by atoms with van der Waals surface area (Å²) >= 11 is 0. The zero-order valence-corrected chi connectivity index (χ0v) is 22.3. The second-order valence-corrected chi connectivity index (χ2v) is 11.3. The summed E-state index contributed by atoms with van der Waals surface area (Å²) in [5.74, 6) is -0.0393. The van der Waals surface area contributed by atoms with Crippen molar-refractivity contribution in [3.8, 4) is 0 Å². The Morgan fingerprint density at radius 2 is 1.63 bits per heavy atom. The number of rotatable bonds is 11. The molecule has 1 amide bonds. The molecule has 5 heteroatoms. The monoisotopic (exact) mass is 479 g/mol. The lowest BCUT2D eigenvalue weighted by atomic mass is 9.82. The number of benzene rings is 1. The van der Waals surface area contributed by atoms with Crippen LogP contribution in [-0.4, -0.2) is 64.6 Å². The fraction of sp³-hybridized carbons (Fsp3) is 0.567. The van der Waals surface area contributed by atoms with E-state index in [0.717, 1.165) is 31.5 Å². The van der Waals surface area contributed by atoms with E-state index < -0.39 is 0 Å². The van der Waals surface area contributed by atoms with Crippen molar-refractivity contribution in [3.63, 3.8) is 0 Å². The maximum atomic E-state index is 14.1. The molecule has 1 aromatic rings. The Balaban J connectivity index is 1.95. The molecule has 0 aromatic heterocycles. The Labute approximate surface area is 213 Å². The van der Waals surface area contributed by atoms with E-state index in [2.05, 4.69) is 81.7 Å². The first kappa shape index (κ1) is 27.4. The molecule has 0 radical (unpaired) electrons. The fourth-order valence-electron chi connectivity index (χ4n) is 6.20. The first-order chi connectivity index (χ1) is 16.7. The summed E-state index contributed by atoms with van der Waals surface area (Å²) in [6.07, 6.45) is 8.92. The minimum atomic E-state index is -0.228. The van der Waals surface area contributed by atoms with Gasteiger partial charge in [-0.05, 0) is 52.5 Å². The fourth-order valence-corrected chi connectivity index (χ4v) is 6.20. The van der Waals surface area contributed by atoms with Crippen LogP contribution in [0.5, 0.6) is 0 Å². The number of amides is 1. The first-order valence-electron chi connectivity index (χ1n) is 13.0. The van der Waals surface area contributed by atoms with Crippen molar-refractivity contribution in [1.29, 1.82) is 0 Å². The van der Waals surface area contributed by atoms with Crippen molar-refractivity contribution in [2.24, 2.45) is 11.8 Å². The molecule has 2 saturated heterocycles. The van der Waals surface area contributed by atoms with E-state index in [-0.39, 0.29) is 34.9 Å². The third kappa shape index (κ3) is 6.14. The molecule has 3 unspecified atom stereocenters. The Hall–Kier alpha value is -2.21. The standard InChI is InChI=1S/C30H45N3O2/c1-8-19-31(20-9-2)28(34)26-25(23-35-33-29(4,5)17-14-18-30(33,6)7)22-32(21-10-3)27(26)24-15-12-11-13-16-24/h8-13,15-16,25-27H,1-3,14,17-23H2,4-7H3. The predicted octanol–water partition coefficient (Wildman–Crippen LogP) is 5.64. The molecular weight excluding hydrogens is 434 g/mol. The van der Waals surface area contributed by atoms with Crippen LogP contribution >= 0.6 is 0 Å². The molecule has 2 aliphatic rings. The number of hydroxylamine groups is 2. The summed E-state index contributed by atoms with van der Waals surface area (Å²) in [4.78, 5) is 25.0. The van der Waals surface area contributed by atoms with E-state index >= 15 is 0 Å². The van der Waals surface area contributed by atoms with Crippen molar-refractivity contribution in [3.05, 3.63) is 73.9 Å². The van der Waals surface area contributed by atoms with Gasteiger partial charge in [0.2, 0.25) is 5.91 Å². The smallest absolute Gasteiger partial charge is 0.228 e. The Kier molecular flexibility index (Phi) is 9.14. The molecule has 5 nitrogen and oxygen atoms in total. The van der Waals surface area contributed by atoms with E-state index in [4.69, 9.17) is 4.84 Å². The van der Waals surface area contributed by atoms with Gasteiger partial charge >= 0.3 is 0 Å². The van der Waals surface area contributed by atoms with Crippen LogP contribution in [0.4, 0.5) is 0 Å². The third-order valence-electron chi connectivity index (χ3n) is 7.61. The Bertz CT molecular complexity index is 853. The van der Waals surface area contributed by atoms with Gasteiger partial charge in [0.1, 0.15) is 0 Å². The second kappa shape index (κ2) is 11.7. The average Bonchev–Trinajstić information content (AvgIpc) is 3.16. The molecule has 35 heavy (non-hydrogen) atoms. The van der Waals surface area contributed by atoms with Gasteiger partial charge in [0.15, 0.2) is 0 Å². The Morgan fingerprint density at radius 1 is 1.03 bits per heavy atom. The molecule has 2 fully saturated rings. The van der Waals surface area contributed by atoms with Gasteiger partial charge in [0.25, 0.3) is 0 Å². The number of carbonyl (C=O) groups is 1. The molecule has 2 aliphatic heterocycles. The van der Waals surface area contributed by atoms with Crippen molar-refractivity contribution in [2.75, 3.05) is 32.8 Å². The highest BCUT2D eigenvalue weighted by atomic mass is 16.7. The van der Waals surface area contributed by atoms with Crippen LogP contribution < -0.4 is 0 Å². The molecule has 2 heterocycles. The zero-order valence-electron chi connectivity index (χ0n) is 22.3. The summed E-state index contributed by atoms with van der Waals surface area (Å²) in [6.45, 7) is 23.8. The normalized spacial score (nSPS) is 26.2. The van der Waals surface area contributed by atoms with Crippen LogP contribution in [0.3, 0.4) is 0 Å². The number of hydrogen-bond acceptors (Lipinski definition) is 4. The summed E-state index contributed by atoms with van der Waals surface area (Å²) in [6, 6.07) is 10.4. The van der Waals surface area contributed by atoms with Crippen LogP contribution in [0.25, 0.3) is 0 Å². The minimum absolute atomic E-state index is 0.0326. The van der Waals surface area contributed by atoms with Crippen molar-refractivity contribution in [1.82, 2.24) is 14.9 Å². The van der Waals surface area contributed by atoms with Gasteiger partial charge in [-0.15, -0.1) is 19.7 Å². The van der Waals surface area contributed by atoms with E-state index in [1.54, 1.807) is 12.2 Å². The quantitative estimate of drug-likeness (QED) is 0.385. The zero-order chi connectivity index (χ0) is 25.6. The molecular formula is C30H45N3O2. The molecule has 0 spiro atoms. The first-order valence-corrected chi connectivity index (χ1v) is 13.0. The number of nitrogens with zero attached hydrogens (tertiary/aromatic N) is 3. The van der Waals surface area contributed by atoms with Gasteiger partial charge in [0, 0.05) is 49.2 Å². The van der Waals surface area contributed by atoms with Crippen LogP contribution in [0.1, 0.15) is 58.6 Å². The largest absolute Gasteiger partial charge is 0.335 e. The van der Waals surface area contributed by atoms with E-state index in [1.807, 2.05) is 17.0 Å². The van der Waals surface area contributed by atoms with Crippen molar-refractivity contribution in [2.45, 2.75) is 64.1 Å². The SMILES string of the molecule is C=CCN(CC=C)C(=O)C1C(CON2C(C)(C)CCCC2(C)C)CN(CC=C)C1c1ccccc1. The molecule has 0 saturated carbocycles. The predicted molar refractivity (Wildman–Crippen MR) is 145 cm³/mol. The highest BCUT2D eigenvalue weighted by Gasteiger charge is 2.49. The molecule has 0 bridgehead atoms. The van der Waals surface area contributed by atoms with Gasteiger partial charge in [-0.3, -0.25) is 14.5 Å². The highest BCUT2D eigenvalue weighted by molar-refractivity contribution is 5.81. The van der Waals surface area contributed by atoms with Crippen molar-refractivity contribution >= 4 is 5.91 Å². The molecule has 3 rings (SSSR count). The maximum absolute atomic E-state index is 14.1. The summed E-state index contributed by atoms with van der Waals surface area (Å²) < 4.78 is 0.